The van der Waals surface area contributed by atoms with Gasteiger partial charge < -0.3 is 23.8 Å². The number of hydrogen-bond donors (Lipinski definition) is 1. The topological polar surface area (TPSA) is 143 Å². The lowest BCUT2D eigenvalue weighted by Gasteiger charge is -2.37. The molecule has 222 valence electrons. The maximum atomic E-state index is 14.0. The van der Waals surface area contributed by atoms with Crippen LogP contribution in [0.1, 0.15) is 45.0 Å². The molecule has 4 heterocycles. The van der Waals surface area contributed by atoms with Gasteiger partial charge in [0, 0.05) is 19.7 Å². The predicted octanol–water partition coefficient (Wildman–Crippen LogP) is 2.88. The fourth-order valence-corrected chi connectivity index (χ4v) is 6.58. The van der Waals surface area contributed by atoms with Crippen LogP contribution in [0.15, 0.2) is 30.6 Å². The van der Waals surface area contributed by atoms with Gasteiger partial charge in [-0.15, -0.1) is 10.2 Å². The lowest BCUT2D eigenvalue weighted by molar-refractivity contribution is 0.00147. The Labute approximate surface area is 238 Å². The second-order valence-electron chi connectivity index (χ2n) is 10.1. The highest BCUT2D eigenvalue weighted by Crippen LogP contribution is 2.39. The molecule has 1 N–H and O–H groups in total. The monoisotopic (exact) mass is 591 g/mol. The van der Waals surface area contributed by atoms with Crippen LogP contribution in [-0.2, 0) is 19.5 Å². The summed E-state index contributed by atoms with van der Waals surface area (Å²) in [5.74, 6) is 0.896. The molecule has 0 unspecified atom stereocenters. The van der Waals surface area contributed by atoms with Crippen molar-refractivity contribution < 1.29 is 31.8 Å². The quantitative estimate of drug-likeness (QED) is 0.372. The SMILES string of the molecule is COc1cccc(OC)c1-n1c(NS(=O)(=O)[C@@H]2C[C@H](OC(C)C)CN(c3ncc(F)cn3)C2)nnc1[C@@H]1CCCO1. The van der Waals surface area contributed by atoms with Crippen molar-refractivity contribution >= 4 is 21.9 Å². The number of rotatable bonds is 10. The van der Waals surface area contributed by atoms with Gasteiger partial charge in [-0.2, -0.15) is 0 Å². The first kappa shape index (κ1) is 29.0. The lowest BCUT2D eigenvalue weighted by Crippen LogP contribution is -2.51. The smallest absolute Gasteiger partial charge is 0.243 e. The molecule has 3 atom stereocenters. The average Bonchev–Trinajstić information content (AvgIpc) is 3.62. The van der Waals surface area contributed by atoms with E-state index >= 15 is 0 Å². The van der Waals surface area contributed by atoms with Gasteiger partial charge in [0.05, 0.1) is 38.8 Å². The zero-order valence-corrected chi connectivity index (χ0v) is 24.2. The first-order chi connectivity index (χ1) is 19.7. The van der Waals surface area contributed by atoms with Gasteiger partial charge in [-0.25, -0.2) is 22.8 Å². The highest BCUT2D eigenvalue weighted by atomic mass is 32.2. The molecule has 3 aromatic rings. The van der Waals surface area contributed by atoms with Crippen LogP contribution in [0.4, 0.5) is 16.3 Å². The van der Waals surface area contributed by atoms with E-state index in [2.05, 4.69) is 24.9 Å². The summed E-state index contributed by atoms with van der Waals surface area (Å²) >= 11 is 0. The second kappa shape index (κ2) is 12.1. The summed E-state index contributed by atoms with van der Waals surface area (Å²) < 4.78 is 68.8. The van der Waals surface area contributed by atoms with Crippen LogP contribution in [-0.4, -0.2) is 84.5 Å². The van der Waals surface area contributed by atoms with Gasteiger partial charge in [-0.3, -0.25) is 9.29 Å². The van der Waals surface area contributed by atoms with Crippen molar-refractivity contribution in [1.29, 1.82) is 0 Å². The molecule has 1 aromatic carbocycles. The zero-order valence-electron chi connectivity index (χ0n) is 23.4. The van der Waals surface area contributed by atoms with Crippen LogP contribution in [0.5, 0.6) is 11.5 Å². The Balaban J connectivity index is 1.52. The minimum Gasteiger partial charge on any atom is -0.494 e. The molecule has 5 rings (SSSR count). The Hall–Kier alpha value is -3.56. The van der Waals surface area contributed by atoms with Crippen molar-refractivity contribution in [2.24, 2.45) is 0 Å². The van der Waals surface area contributed by atoms with E-state index in [0.717, 1.165) is 18.8 Å². The number of benzene rings is 1. The Bertz CT molecular complexity index is 1420. The average molecular weight is 592 g/mol. The molecule has 0 amide bonds. The van der Waals surface area contributed by atoms with Crippen LogP contribution in [0.25, 0.3) is 5.69 Å². The Kier molecular flexibility index (Phi) is 8.56. The van der Waals surface area contributed by atoms with E-state index in [1.165, 1.54) is 14.2 Å². The molecule has 0 saturated carbocycles. The van der Waals surface area contributed by atoms with Crippen molar-refractivity contribution in [3.05, 3.63) is 42.2 Å². The number of nitrogens with zero attached hydrogens (tertiary/aromatic N) is 6. The second-order valence-corrected chi connectivity index (χ2v) is 12.1. The van der Waals surface area contributed by atoms with E-state index in [1.54, 1.807) is 27.7 Å². The maximum Gasteiger partial charge on any atom is 0.243 e. The van der Waals surface area contributed by atoms with Gasteiger partial charge in [0.15, 0.2) is 11.6 Å². The molecule has 0 aliphatic carbocycles. The van der Waals surface area contributed by atoms with Crippen LogP contribution in [0, 0.1) is 5.82 Å². The molecule has 2 saturated heterocycles. The van der Waals surface area contributed by atoms with Crippen LogP contribution >= 0.6 is 0 Å². The highest BCUT2D eigenvalue weighted by molar-refractivity contribution is 7.93. The molecule has 0 bridgehead atoms. The maximum absolute atomic E-state index is 14.0. The number of methoxy groups -OCH3 is 2. The van der Waals surface area contributed by atoms with E-state index in [1.807, 2.05) is 13.8 Å². The summed E-state index contributed by atoms with van der Waals surface area (Å²) in [6.07, 6.45) is 2.89. The van der Waals surface area contributed by atoms with Crippen LogP contribution in [0.2, 0.25) is 0 Å². The van der Waals surface area contributed by atoms with Crippen molar-refractivity contribution in [2.45, 2.75) is 56.7 Å². The third-order valence-electron chi connectivity index (χ3n) is 6.93. The van der Waals surface area contributed by atoms with Crippen LogP contribution in [0.3, 0.4) is 0 Å². The predicted molar refractivity (Wildman–Crippen MR) is 148 cm³/mol. The summed E-state index contributed by atoms with van der Waals surface area (Å²) in [6.45, 7) is 4.73. The zero-order chi connectivity index (χ0) is 29.1. The third kappa shape index (κ3) is 6.21. The minimum absolute atomic E-state index is 0.0326. The Morgan fingerprint density at radius 2 is 1.80 bits per heavy atom. The number of aromatic nitrogens is 5. The third-order valence-corrected chi connectivity index (χ3v) is 8.62. The largest absolute Gasteiger partial charge is 0.494 e. The van der Waals surface area contributed by atoms with Gasteiger partial charge >= 0.3 is 0 Å². The molecule has 0 radical (unpaired) electrons. The lowest BCUT2D eigenvalue weighted by atomic mass is 10.1. The summed E-state index contributed by atoms with van der Waals surface area (Å²) in [5.41, 5.74) is 0.441. The summed E-state index contributed by atoms with van der Waals surface area (Å²) in [6, 6.07) is 5.25. The Morgan fingerprint density at radius 1 is 1.10 bits per heavy atom. The van der Waals surface area contributed by atoms with Gasteiger partial charge in [-0.1, -0.05) is 6.07 Å². The number of anilines is 2. The first-order valence-corrected chi connectivity index (χ1v) is 14.9. The molecule has 2 fully saturated rings. The number of halogens is 1. The van der Waals surface area contributed by atoms with Crippen LogP contribution < -0.4 is 19.1 Å². The van der Waals surface area contributed by atoms with Crippen molar-refractivity contribution in [3.8, 4) is 17.2 Å². The van der Waals surface area contributed by atoms with E-state index < -0.39 is 27.2 Å². The van der Waals surface area contributed by atoms with Gasteiger partial charge in [0.1, 0.15) is 28.5 Å². The van der Waals surface area contributed by atoms with Crippen molar-refractivity contribution in [1.82, 2.24) is 24.7 Å². The number of sulfonamides is 1. The van der Waals surface area contributed by atoms with E-state index in [-0.39, 0.29) is 37.1 Å². The van der Waals surface area contributed by atoms with Crippen molar-refractivity contribution in [3.63, 3.8) is 0 Å². The number of ether oxygens (including phenoxy) is 4. The Morgan fingerprint density at radius 3 is 2.41 bits per heavy atom. The molecule has 41 heavy (non-hydrogen) atoms. The van der Waals surface area contributed by atoms with Crippen molar-refractivity contribution in [2.75, 3.05) is 43.5 Å². The number of nitrogens with one attached hydrogen (secondary N) is 1. The fraction of sp³-hybridized carbons (Fsp3) is 0.538. The van der Waals surface area contributed by atoms with Gasteiger partial charge in [0.2, 0.25) is 21.9 Å². The number of para-hydroxylation sites is 1. The highest BCUT2D eigenvalue weighted by Gasteiger charge is 2.39. The molecule has 0 spiro atoms. The van der Waals surface area contributed by atoms with E-state index in [0.29, 0.717) is 42.6 Å². The molecule has 13 nitrogen and oxygen atoms in total. The molecule has 2 aliphatic rings. The summed E-state index contributed by atoms with van der Waals surface area (Å²) in [5, 5.41) is 7.64. The number of piperidine rings is 1. The first-order valence-electron chi connectivity index (χ1n) is 13.4. The van der Waals surface area contributed by atoms with Gasteiger partial charge in [0.25, 0.3) is 0 Å². The molecule has 2 aliphatic heterocycles. The minimum atomic E-state index is -4.08. The fourth-order valence-electron chi connectivity index (χ4n) is 5.18. The van der Waals surface area contributed by atoms with E-state index in [9.17, 15) is 12.8 Å². The summed E-state index contributed by atoms with van der Waals surface area (Å²) in [7, 11) is -1.05. The standard InChI is InChI=1S/C26H34FN7O6S/c1-16(2)40-18-11-19(15-33(14-18)25-28-12-17(27)13-29-25)41(35,36)32-26-31-30-24(22-9-6-10-39-22)34(26)23-20(37-3)7-5-8-21(23)38-4/h5,7-8,12-13,16,18-19,22H,6,9-11,14-15H2,1-4H3,(H,31,32)/t18-,19+,22-/m0/s1. The van der Waals surface area contributed by atoms with Gasteiger partial charge in [-0.05, 0) is 45.2 Å². The summed E-state index contributed by atoms with van der Waals surface area (Å²) in [4.78, 5) is 9.80. The molecular weight excluding hydrogens is 557 g/mol. The molecule has 15 heteroatoms. The number of hydrogen-bond acceptors (Lipinski definition) is 11. The van der Waals surface area contributed by atoms with E-state index in [4.69, 9.17) is 18.9 Å². The molecule has 2 aromatic heterocycles. The molecular formula is C26H34FN7O6S. The normalized spacial score (nSPS) is 21.3.